The molecule has 1 rings (SSSR count). The van der Waals surface area contributed by atoms with Crippen LogP contribution in [0.3, 0.4) is 0 Å². The highest BCUT2D eigenvalue weighted by Gasteiger charge is 2.15. The summed E-state index contributed by atoms with van der Waals surface area (Å²) in [6.45, 7) is 6.24. The predicted molar refractivity (Wildman–Crippen MR) is 83.7 cm³/mol. The lowest BCUT2D eigenvalue weighted by Gasteiger charge is -2.19. The van der Waals surface area contributed by atoms with Gasteiger partial charge in [-0.3, -0.25) is 0 Å². The lowest BCUT2D eigenvalue weighted by Crippen LogP contribution is -2.33. The van der Waals surface area contributed by atoms with Gasteiger partial charge in [-0.2, -0.15) is 10.5 Å². The molecule has 0 aliphatic carbocycles. The van der Waals surface area contributed by atoms with Crippen LogP contribution in [0, 0.1) is 22.7 Å². The number of nitrogens with one attached hydrogen (secondary N) is 2. The molecule has 0 unspecified atom stereocenters. The van der Waals surface area contributed by atoms with Crippen molar-refractivity contribution >= 4 is 11.8 Å². The van der Waals surface area contributed by atoms with Gasteiger partial charge in [0.2, 0.25) is 0 Å². The van der Waals surface area contributed by atoms with E-state index in [2.05, 4.69) is 10.6 Å². The van der Waals surface area contributed by atoms with Crippen LogP contribution in [0.2, 0.25) is 0 Å². The third kappa shape index (κ3) is 6.58. The van der Waals surface area contributed by atoms with E-state index in [-0.39, 0.29) is 5.57 Å². The molecule has 0 atom stereocenters. The van der Waals surface area contributed by atoms with Gasteiger partial charge in [0.1, 0.15) is 23.4 Å². The number of hydrogen-bond donors (Lipinski definition) is 2. The molecule has 1 amide bonds. The van der Waals surface area contributed by atoms with Gasteiger partial charge in [0.25, 0.3) is 0 Å². The summed E-state index contributed by atoms with van der Waals surface area (Å²) < 4.78 is 10.3. The van der Waals surface area contributed by atoms with Gasteiger partial charge in [-0.15, -0.1) is 0 Å². The van der Waals surface area contributed by atoms with Gasteiger partial charge >= 0.3 is 6.09 Å². The van der Waals surface area contributed by atoms with E-state index < -0.39 is 11.7 Å². The topological polar surface area (TPSA) is 111 Å². The fraction of sp³-hybridized carbons (Fsp3) is 0.438. The van der Waals surface area contributed by atoms with Gasteiger partial charge in [-0.1, -0.05) is 0 Å². The van der Waals surface area contributed by atoms with Crippen LogP contribution >= 0.6 is 0 Å². The molecule has 1 aromatic rings. The molecule has 0 aromatic carbocycles. The highest BCUT2D eigenvalue weighted by molar-refractivity contribution is 5.71. The van der Waals surface area contributed by atoms with Crippen LogP contribution in [-0.2, 0) is 4.74 Å². The van der Waals surface area contributed by atoms with Crippen molar-refractivity contribution in [1.82, 2.24) is 10.6 Å². The fourth-order valence-electron chi connectivity index (χ4n) is 1.66. The Bertz CT molecular complexity index is 612. The molecule has 0 bridgehead atoms. The Labute approximate surface area is 135 Å². The minimum Gasteiger partial charge on any atom is -0.463 e. The Hall–Kier alpha value is -2.93. The van der Waals surface area contributed by atoms with Crippen molar-refractivity contribution in [3.8, 4) is 12.1 Å². The van der Waals surface area contributed by atoms with Crippen LogP contribution < -0.4 is 10.6 Å². The van der Waals surface area contributed by atoms with Gasteiger partial charge in [-0.25, -0.2) is 4.79 Å². The molecule has 0 saturated carbocycles. The van der Waals surface area contributed by atoms with Crippen LogP contribution in [0.5, 0.6) is 0 Å². The molecular formula is C16H20N4O3. The Morgan fingerprint density at radius 3 is 2.43 bits per heavy atom. The number of alkyl carbamates (subject to hydrolysis) is 1. The van der Waals surface area contributed by atoms with E-state index in [0.29, 0.717) is 31.0 Å². The highest BCUT2D eigenvalue weighted by atomic mass is 16.6. The summed E-state index contributed by atoms with van der Waals surface area (Å²) in [5, 5.41) is 23.6. The van der Waals surface area contributed by atoms with E-state index >= 15 is 0 Å². The standard InChI is InChI=1S/C16H20N4O3/c1-16(2,3)23-15(21)20-8-5-7-19-14(12(10-17)11-18)13-6-4-9-22-13/h4,6,9,19H,5,7-8H2,1-3H3,(H,20,21). The number of rotatable bonds is 6. The lowest BCUT2D eigenvalue weighted by atomic mass is 10.2. The number of carbonyl (C=O) groups is 1. The maximum atomic E-state index is 11.5. The Morgan fingerprint density at radius 2 is 1.91 bits per heavy atom. The Balaban J connectivity index is 2.47. The molecule has 0 radical (unpaired) electrons. The fourth-order valence-corrected chi connectivity index (χ4v) is 1.66. The first-order valence-corrected chi connectivity index (χ1v) is 7.16. The molecule has 0 fully saturated rings. The van der Waals surface area contributed by atoms with Crippen molar-refractivity contribution in [3.05, 3.63) is 29.7 Å². The zero-order valence-corrected chi connectivity index (χ0v) is 13.5. The van der Waals surface area contributed by atoms with Gasteiger partial charge in [0, 0.05) is 13.1 Å². The number of hydrogen-bond acceptors (Lipinski definition) is 6. The zero-order valence-electron chi connectivity index (χ0n) is 13.5. The predicted octanol–water partition coefficient (Wildman–Crippen LogP) is 2.54. The second-order valence-corrected chi connectivity index (χ2v) is 5.66. The van der Waals surface area contributed by atoms with E-state index in [4.69, 9.17) is 19.7 Å². The van der Waals surface area contributed by atoms with Crippen molar-refractivity contribution in [2.75, 3.05) is 13.1 Å². The third-order valence-corrected chi connectivity index (χ3v) is 2.56. The smallest absolute Gasteiger partial charge is 0.407 e. The summed E-state index contributed by atoms with van der Waals surface area (Å²) in [7, 11) is 0. The quantitative estimate of drug-likeness (QED) is 0.616. The molecule has 122 valence electrons. The summed E-state index contributed by atoms with van der Waals surface area (Å²) in [6, 6.07) is 7.00. The van der Waals surface area contributed by atoms with E-state index in [1.165, 1.54) is 6.26 Å². The first-order valence-electron chi connectivity index (χ1n) is 7.16. The normalized spacial score (nSPS) is 10.1. The molecule has 1 aromatic heterocycles. The van der Waals surface area contributed by atoms with Crippen molar-refractivity contribution < 1.29 is 13.9 Å². The maximum Gasteiger partial charge on any atom is 0.407 e. The van der Waals surface area contributed by atoms with Gasteiger partial charge in [0.05, 0.1) is 6.26 Å². The molecule has 0 spiro atoms. The summed E-state index contributed by atoms with van der Waals surface area (Å²) >= 11 is 0. The lowest BCUT2D eigenvalue weighted by molar-refractivity contribution is 0.0527. The number of furan rings is 1. The van der Waals surface area contributed by atoms with Gasteiger partial charge in [0.15, 0.2) is 11.3 Å². The Kier molecular flexibility index (Phi) is 6.69. The molecule has 7 heteroatoms. The second kappa shape index (κ2) is 8.50. The molecular weight excluding hydrogens is 296 g/mol. The molecule has 0 aliphatic heterocycles. The number of nitrogens with zero attached hydrogens (tertiary/aromatic N) is 2. The number of allylic oxidation sites excluding steroid dienone is 1. The van der Waals surface area contributed by atoms with Crippen molar-refractivity contribution in [2.24, 2.45) is 0 Å². The van der Waals surface area contributed by atoms with E-state index in [0.717, 1.165) is 0 Å². The second-order valence-electron chi connectivity index (χ2n) is 5.66. The molecule has 0 saturated heterocycles. The highest BCUT2D eigenvalue weighted by Crippen LogP contribution is 2.16. The first kappa shape index (κ1) is 18.1. The summed E-state index contributed by atoms with van der Waals surface area (Å²) in [4.78, 5) is 11.5. The molecule has 2 N–H and O–H groups in total. The SMILES string of the molecule is CC(C)(C)OC(=O)NCCCNC(=C(C#N)C#N)c1ccco1. The van der Waals surface area contributed by atoms with Crippen LogP contribution in [0.4, 0.5) is 4.79 Å². The Morgan fingerprint density at radius 1 is 1.26 bits per heavy atom. The largest absolute Gasteiger partial charge is 0.463 e. The number of ether oxygens (including phenoxy) is 1. The van der Waals surface area contributed by atoms with E-state index in [1.807, 2.05) is 12.1 Å². The third-order valence-electron chi connectivity index (χ3n) is 2.56. The minimum absolute atomic E-state index is 0.0555. The van der Waals surface area contributed by atoms with Gasteiger partial charge in [-0.05, 0) is 39.3 Å². The number of amides is 1. The average molecular weight is 316 g/mol. The van der Waals surface area contributed by atoms with Crippen molar-refractivity contribution in [3.63, 3.8) is 0 Å². The van der Waals surface area contributed by atoms with E-state index in [9.17, 15) is 4.79 Å². The van der Waals surface area contributed by atoms with Gasteiger partial charge < -0.3 is 19.8 Å². The molecule has 0 aliphatic rings. The molecule has 7 nitrogen and oxygen atoms in total. The molecule has 23 heavy (non-hydrogen) atoms. The number of nitriles is 2. The molecule has 1 heterocycles. The van der Waals surface area contributed by atoms with Crippen LogP contribution in [0.1, 0.15) is 33.0 Å². The summed E-state index contributed by atoms with van der Waals surface area (Å²) in [5.41, 5.74) is -0.247. The van der Waals surface area contributed by atoms with Crippen LogP contribution in [0.25, 0.3) is 5.70 Å². The summed E-state index contributed by atoms with van der Waals surface area (Å²) in [5.74, 6) is 0.420. The van der Waals surface area contributed by atoms with Crippen LogP contribution in [-0.4, -0.2) is 24.8 Å². The maximum absolute atomic E-state index is 11.5. The van der Waals surface area contributed by atoms with Crippen molar-refractivity contribution in [1.29, 1.82) is 10.5 Å². The first-order chi connectivity index (χ1) is 10.9. The zero-order chi connectivity index (χ0) is 17.3. The number of carbonyl (C=O) groups excluding carboxylic acids is 1. The minimum atomic E-state index is -0.536. The van der Waals surface area contributed by atoms with Crippen molar-refractivity contribution in [2.45, 2.75) is 32.8 Å². The average Bonchev–Trinajstić information content (AvgIpc) is 2.98. The monoisotopic (exact) mass is 316 g/mol. The summed E-state index contributed by atoms with van der Waals surface area (Å²) in [6.07, 6.45) is 1.58. The van der Waals surface area contributed by atoms with Crippen LogP contribution in [0.15, 0.2) is 28.4 Å². The van der Waals surface area contributed by atoms with E-state index in [1.54, 1.807) is 32.9 Å².